The smallest absolute Gasteiger partial charge is 0.412 e. The zero-order valence-electron chi connectivity index (χ0n) is 13.7. The van der Waals surface area contributed by atoms with Gasteiger partial charge in [0.25, 0.3) is 5.72 Å². The molecule has 1 unspecified atom stereocenters. The van der Waals surface area contributed by atoms with E-state index >= 15 is 0 Å². The molecule has 0 aromatic heterocycles. The Bertz CT molecular complexity index is 710. The molecule has 6 nitrogen and oxygen atoms in total. The van der Waals surface area contributed by atoms with Crippen molar-refractivity contribution in [3.63, 3.8) is 0 Å². The number of rotatable bonds is 2. The van der Waals surface area contributed by atoms with Gasteiger partial charge in [0.1, 0.15) is 6.26 Å². The quantitative estimate of drug-likeness (QED) is 0.850. The van der Waals surface area contributed by atoms with E-state index in [0.717, 1.165) is 24.5 Å². The van der Waals surface area contributed by atoms with E-state index in [1.54, 1.807) is 20.8 Å². The van der Waals surface area contributed by atoms with Crippen LogP contribution in [0, 0.1) is 0 Å². The minimum absolute atomic E-state index is 0.582. The molecule has 0 saturated heterocycles. The number of alkyl halides is 3. The van der Waals surface area contributed by atoms with Crippen LogP contribution in [0.3, 0.4) is 0 Å². The van der Waals surface area contributed by atoms with Crippen LogP contribution in [-0.2, 0) is 26.3 Å². The number of alkyl carbamates (subject to hydrolysis) is 1. The molecule has 9 heteroatoms. The summed E-state index contributed by atoms with van der Waals surface area (Å²) in [5.74, 6) is -0.917. The maximum atomic E-state index is 13.4. The number of hydroxylamine groups is 1. The first kappa shape index (κ1) is 18.8. The zero-order valence-corrected chi connectivity index (χ0v) is 13.7. The number of benzene rings is 1. The van der Waals surface area contributed by atoms with E-state index < -0.39 is 40.4 Å². The second-order valence-electron chi connectivity index (χ2n) is 6.38. The summed E-state index contributed by atoms with van der Waals surface area (Å²) < 4.78 is 45.2. The molecule has 0 saturated carbocycles. The molecule has 0 aliphatic carbocycles. The molecule has 0 bridgehead atoms. The SMILES string of the molecule is CC(C)(C)NC(=O)OC1(c2ccccc2C(F)(F)F)NOC=CC1=O. The molecular formula is C16H17F3N2O4. The number of ketones is 1. The number of hydrogen-bond acceptors (Lipinski definition) is 5. The number of halogens is 3. The largest absolute Gasteiger partial charge is 0.416 e. The van der Waals surface area contributed by atoms with Gasteiger partial charge in [-0.05, 0) is 26.8 Å². The molecule has 1 heterocycles. The Kier molecular flexibility index (Phi) is 4.81. The van der Waals surface area contributed by atoms with Gasteiger partial charge in [0.05, 0.1) is 5.56 Å². The molecule has 1 aromatic rings. The molecular weight excluding hydrogens is 341 g/mol. The van der Waals surface area contributed by atoms with Crippen LogP contribution < -0.4 is 10.8 Å². The second kappa shape index (κ2) is 6.40. The third kappa shape index (κ3) is 4.11. The fourth-order valence-electron chi connectivity index (χ4n) is 2.20. The first-order valence-electron chi connectivity index (χ1n) is 7.27. The van der Waals surface area contributed by atoms with Crippen molar-refractivity contribution in [2.75, 3.05) is 0 Å². The van der Waals surface area contributed by atoms with E-state index in [4.69, 9.17) is 9.57 Å². The zero-order chi connectivity index (χ0) is 18.9. The predicted molar refractivity (Wildman–Crippen MR) is 80.9 cm³/mol. The van der Waals surface area contributed by atoms with Crippen LogP contribution in [0.2, 0.25) is 0 Å². The third-order valence-electron chi connectivity index (χ3n) is 3.17. The lowest BCUT2D eigenvalue weighted by atomic mass is 9.92. The van der Waals surface area contributed by atoms with E-state index in [-0.39, 0.29) is 0 Å². The topological polar surface area (TPSA) is 76.7 Å². The van der Waals surface area contributed by atoms with E-state index in [9.17, 15) is 22.8 Å². The number of hydrogen-bond donors (Lipinski definition) is 2. The van der Waals surface area contributed by atoms with Gasteiger partial charge in [-0.2, -0.15) is 13.2 Å². The van der Waals surface area contributed by atoms with Gasteiger partial charge < -0.3 is 14.9 Å². The van der Waals surface area contributed by atoms with Crippen LogP contribution in [-0.4, -0.2) is 17.4 Å². The summed E-state index contributed by atoms with van der Waals surface area (Å²) in [6.07, 6.45) is -4.02. The average molecular weight is 358 g/mol. The lowest BCUT2D eigenvalue weighted by molar-refractivity contribution is -0.164. The van der Waals surface area contributed by atoms with Crippen molar-refractivity contribution in [2.24, 2.45) is 0 Å². The van der Waals surface area contributed by atoms with Crippen LogP contribution >= 0.6 is 0 Å². The Morgan fingerprint density at radius 3 is 2.44 bits per heavy atom. The van der Waals surface area contributed by atoms with Crippen molar-refractivity contribution in [1.29, 1.82) is 0 Å². The van der Waals surface area contributed by atoms with Crippen molar-refractivity contribution in [3.8, 4) is 0 Å². The first-order valence-corrected chi connectivity index (χ1v) is 7.27. The van der Waals surface area contributed by atoms with Gasteiger partial charge in [-0.3, -0.25) is 4.79 Å². The molecule has 25 heavy (non-hydrogen) atoms. The maximum Gasteiger partial charge on any atom is 0.416 e. The molecule has 2 rings (SSSR count). The third-order valence-corrected chi connectivity index (χ3v) is 3.17. The van der Waals surface area contributed by atoms with E-state index in [0.29, 0.717) is 0 Å². The Morgan fingerprint density at radius 2 is 1.88 bits per heavy atom. The summed E-state index contributed by atoms with van der Waals surface area (Å²) in [6, 6.07) is 4.29. The summed E-state index contributed by atoms with van der Waals surface area (Å²) >= 11 is 0. The highest BCUT2D eigenvalue weighted by molar-refractivity contribution is 5.99. The highest BCUT2D eigenvalue weighted by Crippen LogP contribution is 2.38. The number of amides is 1. The molecule has 1 aliphatic rings. The Labute approximate surface area is 141 Å². The lowest BCUT2D eigenvalue weighted by Crippen LogP contribution is -2.56. The second-order valence-corrected chi connectivity index (χ2v) is 6.38. The highest BCUT2D eigenvalue weighted by atomic mass is 19.4. The fourth-order valence-corrected chi connectivity index (χ4v) is 2.20. The molecule has 136 valence electrons. The Morgan fingerprint density at radius 1 is 1.24 bits per heavy atom. The molecule has 1 aliphatic heterocycles. The normalized spacial score (nSPS) is 20.8. The van der Waals surface area contributed by atoms with Crippen molar-refractivity contribution in [2.45, 2.75) is 38.2 Å². The van der Waals surface area contributed by atoms with Crippen molar-refractivity contribution >= 4 is 11.9 Å². The van der Waals surface area contributed by atoms with Crippen LogP contribution in [0.4, 0.5) is 18.0 Å². The number of carbonyl (C=O) groups excluding carboxylic acids is 2. The fraction of sp³-hybridized carbons (Fsp3) is 0.375. The summed E-state index contributed by atoms with van der Waals surface area (Å²) in [7, 11) is 0. The van der Waals surface area contributed by atoms with Crippen molar-refractivity contribution < 1.29 is 32.3 Å². The monoisotopic (exact) mass is 358 g/mol. The van der Waals surface area contributed by atoms with Gasteiger partial charge in [-0.1, -0.05) is 18.2 Å². The van der Waals surface area contributed by atoms with Crippen LogP contribution in [0.15, 0.2) is 36.6 Å². The van der Waals surface area contributed by atoms with Gasteiger partial charge in [0.2, 0.25) is 5.78 Å². The number of nitrogens with one attached hydrogen (secondary N) is 2. The van der Waals surface area contributed by atoms with Crippen molar-refractivity contribution in [3.05, 3.63) is 47.7 Å². The van der Waals surface area contributed by atoms with Crippen molar-refractivity contribution in [1.82, 2.24) is 10.8 Å². The summed E-state index contributed by atoms with van der Waals surface area (Å²) in [5, 5.41) is 2.43. The van der Waals surface area contributed by atoms with Gasteiger partial charge >= 0.3 is 12.3 Å². The molecule has 0 fully saturated rings. The summed E-state index contributed by atoms with van der Waals surface area (Å²) in [6.45, 7) is 4.95. The van der Waals surface area contributed by atoms with E-state index in [2.05, 4.69) is 10.8 Å². The number of ether oxygens (including phenoxy) is 1. The molecule has 2 N–H and O–H groups in total. The van der Waals surface area contributed by atoms with Crippen LogP contribution in [0.5, 0.6) is 0 Å². The van der Waals surface area contributed by atoms with E-state index in [1.807, 2.05) is 0 Å². The predicted octanol–water partition coefficient (Wildman–Crippen LogP) is 3.00. The molecule has 0 radical (unpaired) electrons. The van der Waals surface area contributed by atoms with Gasteiger partial charge in [-0.25, -0.2) is 4.79 Å². The summed E-state index contributed by atoms with van der Waals surface area (Å²) in [5.41, 5.74) is -2.79. The molecule has 1 atom stereocenters. The average Bonchev–Trinajstić information content (AvgIpc) is 2.47. The summed E-state index contributed by atoms with van der Waals surface area (Å²) in [4.78, 5) is 29.3. The minimum atomic E-state index is -4.77. The van der Waals surface area contributed by atoms with E-state index in [1.165, 1.54) is 12.1 Å². The lowest BCUT2D eigenvalue weighted by Gasteiger charge is -2.35. The highest BCUT2D eigenvalue weighted by Gasteiger charge is 2.51. The number of carbonyl (C=O) groups is 2. The molecule has 0 spiro atoms. The Hall–Kier alpha value is -2.55. The first-order chi connectivity index (χ1) is 11.5. The van der Waals surface area contributed by atoms with Gasteiger partial charge in [0.15, 0.2) is 0 Å². The van der Waals surface area contributed by atoms with Gasteiger partial charge in [-0.15, -0.1) is 5.48 Å². The molecule has 1 aromatic carbocycles. The maximum absolute atomic E-state index is 13.4. The standard InChI is InChI=1S/C16H17F3N2O4/c1-14(2,3)20-13(23)25-15(12(22)8-9-24-21-15)10-6-4-5-7-11(10)16(17,18)19/h4-9,21H,1-3H3,(H,20,23). The minimum Gasteiger partial charge on any atom is -0.412 e. The van der Waals surface area contributed by atoms with Crippen LogP contribution in [0.1, 0.15) is 31.9 Å². The molecule has 1 amide bonds. The van der Waals surface area contributed by atoms with Gasteiger partial charge in [0, 0.05) is 17.2 Å². The Balaban J connectivity index is 2.54. The van der Waals surface area contributed by atoms with Crippen LogP contribution in [0.25, 0.3) is 0 Å².